The van der Waals surface area contributed by atoms with Gasteiger partial charge in [-0.3, -0.25) is 4.79 Å². The average molecular weight is 479 g/mol. The van der Waals surface area contributed by atoms with Crippen LogP contribution in [0.4, 0.5) is 24.9 Å². The van der Waals surface area contributed by atoms with E-state index in [1.54, 1.807) is 42.2 Å². The molecule has 0 atom stereocenters. The van der Waals surface area contributed by atoms with E-state index in [-0.39, 0.29) is 43.3 Å². The summed E-state index contributed by atoms with van der Waals surface area (Å²) in [6.45, 7) is 1.96. The molecule has 9 heteroatoms. The number of alkyl halides is 2. The Bertz CT molecular complexity index is 1130. The number of nitrogens with zero attached hydrogens (tertiary/aromatic N) is 3. The first-order valence-electron chi connectivity index (χ1n) is 9.40. The topological polar surface area (TPSA) is 58.1 Å². The summed E-state index contributed by atoms with van der Waals surface area (Å²) in [5, 5.41) is 3.80. The molecule has 0 spiro atoms. The molecule has 1 aliphatic heterocycles. The molecule has 2 heterocycles. The van der Waals surface area contributed by atoms with Crippen molar-refractivity contribution < 1.29 is 18.0 Å². The Balaban J connectivity index is 1.63. The van der Waals surface area contributed by atoms with E-state index in [9.17, 15) is 18.0 Å². The molecule has 5 nitrogen and oxygen atoms in total. The van der Waals surface area contributed by atoms with E-state index in [2.05, 4.69) is 31.2 Å². The Hall–Kier alpha value is -2.68. The number of carbonyl (C=O) groups excluding carboxylic acids is 1. The molecule has 3 aromatic rings. The van der Waals surface area contributed by atoms with E-state index in [0.717, 1.165) is 0 Å². The van der Waals surface area contributed by atoms with Crippen LogP contribution in [0.15, 0.2) is 40.9 Å². The fourth-order valence-electron chi connectivity index (χ4n) is 3.50. The van der Waals surface area contributed by atoms with Gasteiger partial charge in [0.25, 0.3) is 11.8 Å². The zero-order chi connectivity index (χ0) is 21.5. The first-order valence-corrected chi connectivity index (χ1v) is 10.2. The smallest absolute Gasteiger partial charge is 0.260 e. The summed E-state index contributed by atoms with van der Waals surface area (Å²) in [6, 6.07) is 9.79. The Morgan fingerprint density at radius 1 is 1.13 bits per heavy atom. The quantitative estimate of drug-likeness (QED) is 0.552. The van der Waals surface area contributed by atoms with E-state index in [4.69, 9.17) is 0 Å². The van der Waals surface area contributed by atoms with Crippen molar-refractivity contribution in [3.63, 3.8) is 0 Å². The normalized spacial score (nSPS) is 16.0. The first kappa shape index (κ1) is 20.6. The first-order chi connectivity index (χ1) is 14.2. The predicted octanol–water partition coefficient (Wildman–Crippen LogP) is 5.33. The van der Waals surface area contributed by atoms with Gasteiger partial charge >= 0.3 is 0 Å². The Kier molecular flexibility index (Phi) is 5.40. The van der Waals surface area contributed by atoms with Gasteiger partial charge in [-0.05, 0) is 23.8 Å². The number of halogens is 4. The molecule has 156 valence electrons. The van der Waals surface area contributed by atoms with E-state index in [1.165, 1.54) is 6.07 Å². The van der Waals surface area contributed by atoms with E-state index in [0.29, 0.717) is 20.9 Å². The number of anilines is 2. The average Bonchev–Trinajstić information content (AvgIpc) is 2.67. The number of amides is 1. The zero-order valence-electron chi connectivity index (χ0n) is 16.1. The summed E-state index contributed by atoms with van der Waals surface area (Å²) in [6.07, 6.45) is -0.551. The van der Waals surface area contributed by atoms with Gasteiger partial charge in [0.15, 0.2) is 0 Å². The fraction of sp³-hybridized carbons (Fsp3) is 0.286. The molecule has 1 aromatic heterocycles. The molecule has 0 saturated carbocycles. The van der Waals surface area contributed by atoms with Gasteiger partial charge in [0, 0.05) is 42.2 Å². The molecule has 0 unspecified atom stereocenters. The largest absolute Gasteiger partial charge is 0.340 e. The maximum absolute atomic E-state index is 14.7. The minimum Gasteiger partial charge on any atom is -0.340 e. The molecule has 30 heavy (non-hydrogen) atoms. The van der Waals surface area contributed by atoms with Crippen LogP contribution in [0.25, 0.3) is 10.8 Å². The van der Waals surface area contributed by atoms with Crippen LogP contribution in [-0.2, 0) is 0 Å². The molecule has 0 radical (unpaired) electrons. The van der Waals surface area contributed by atoms with Crippen LogP contribution in [0.5, 0.6) is 0 Å². The molecule has 0 bridgehead atoms. The Labute approximate surface area is 179 Å². The van der Waals surface area contributed by atoms with Gasteiger partial charge in [0.2, 0.25) is 5.95 Å². The summed E-state index contributed by atoms with van der Waals surface area (Å²) in [4.78, 5) is 23.2. The van der Waals surface area contributed by atoms with Crippen molar-refractivity contribution >= 4 is 44.4 Å². The molecule has 4 rings (SSSR count). The monoisotopic (exact) mass is 478 g/mol. The zero-order valence-corrected chi connectivity index (χ0v) is 17.6. The fourth-order valence-corrected chi connectivity index (χ4v) is 4.05. The van der Waals surface area contributed by atoms with Gasteiger partial charge in [-0.25, -0.2) is 18.2 Å². The van der Waals surface area contributed by atoms with Gasteiger partial charge in [-0.2, -0.15) is 4.98 Å². The van der Waals surface area contributed by atoms with Crippen LogP contribution in [-0.4, -0.2) is 34.9 Å². The summed E-state index contributed by atoms with van der Waals surface area (Å²) < 4.78 is 42.1. The van der Waals surface area contributed by atoms with Gasteiger partial charge in [-0.15, -0.1) is 0 Å². The minimum absolute atomic E-state index is 0.0933. The summed E-state index contributed by atoms with van der Waals surface area (Å²) in [5.41, 5.74) is 0.470. The van der Waals surface area contributed by atoms with E-state index < -0.39 is 17.6 Å². The van der Waals surface area contributed by atoms with Gasteiger partial charge in [0.1, 0.15) is 11.6 Å². The molecular weight excluding hydrogens is 461 g/mol. The van der Waals surface area contributed by atoms with Crippen LogP contribution < -0.4 is 10.2 Å². The molecule has 0 aliphatic carbocycles. The number of nitrogens with one attached hydrogen (secondary N) is 1. The molecular formula is C21H18BrF3N4O. The van der Waals surface area contributed by atoms with Gasteiger partial charge in [-0.1, -0.05) is 40.2 Å². The molecule has 1 fully saturated rings. The number of fused-ring (bicyclic) bond motifs is 1. The Morgan fingerprint density at radius 2 is 1.80 bits per heavy atom. The number of piperidine rings is 1. The lowest BCUT2D eigenvalue weighted by Gasteiger charge is -2.31. The third-order valence-electron chi connectivity index (χ3n) is 5.03. The van der Waals surface area contributed by atoms with Crippen molar-refractivity contribution in [1.82, 2.24) is 9.97 Å². The number of rotatable bonds is 3. The highest BCUT2D eigenvalue weighted by atomic mass is 79.9. The lowest BCUT2D eigenvalue weighted by molar-refractivity contribution is -0.0222. The van der Waals surface area contributed by atoms with Crippen LogP contribution in [0.3, 0.4) is 0 Å². The summed E-state index contributed by atoms with van der Waals surface area (Å²) >= 11 is 3.32. The van der Waals surface area contributed by atoms with Crippen molar-refractivity contribution in [2.75, 3.05) is 23.3 Å². The standard InChI is InChI=1S/C21H18BrF3N4O/c1-12-10-17(28-20(26-12)29-8-6-21(24,25)7-9-29)27-19(30)18-14-5-3-2-4-13(14)15(22)11-16(18)23/h2-5,10-11H,6-9H2,1H3,(H,26,27,28,30). The van der Waals surface area contributed by atoms with Crippen LogP contribution >= 0.6 is 15.9 Å². The maximum Gasteiger partial charge on any atom is 0.260 e. The number of benzene rings is 2. The SMILES string of the molecule is Cc1cc(NC(=O)c2c(F)cc(Br)c3ccccc23)nc(N2CCC(F)(F)CC2)n1. The predicted molar refractivity (Wildman–Crippen MR) is 113 cm³/mol. The van der Waals surface area contributed by atoms with Crippen LogP contribution in [0.1, 0.15) is 28.9 Å². The maximum atomic E-state index is 14.7. The molecule has 1 saturated heterocycles. The summed E-state index contributed by atoms with van der Waals surface area (Å²) in [7, 11) is 0. The van der Waals surface area contributed by atoms with Crippen LogP contribution in [0, 0.1) is 12.7 Å². The minimum atomic E-state index is -2.68. The number of hydrogen-bond donors (Lipinski definition) is 1. The molecule has 1 amide bonds. The molecule has 2 aromatic carbocycles. The van der Waals surface area contributed by atoms with Crippen molar-refractivity contribution in [3.8, 4) is 0 Å². The lowest BCUT2D eigenvalue weighted by Crippen LogP contribution is -2.40. The second kappa shape index (κ2) is 7.86. The van der Waals surface area contributed by atoms with Crippen molar-refractivity contribution in [1.29, 1.82) is 0 Å². The lowest BCUT2D eigenvalue weighted by atomic mass is 10.0. The second-order valence-electron chi connectivity index (χ2n) is 7.25. The Morgan fingerprint density at radius 3 is 2.50 bits per heavy atom. The van der Waals surface area contributed by atoms with E-state index in [1.807, 2.05) is 0 Å². The van der Waals surface area contributed by atoms with Crippen LogP contribution in [0.2, 0.25) is 0 Å². The second-order valence-corrected chi connectivity index (χ2v) is 8.11. The third kappa shape index (κ3) is 4.12. The number of carbonyl (C=O) groups is 1. The highest BCUT2D eigenvalue weighted by molar-refractivity contribution is 9.10. The highest BCUT2D eigenvalue weighted by Crippen LogP contribution is 2.31. The molecule has 1 N–H and O–H groups in total. The van der Waals surface area contributed by atoms with Crippen molar-refractivity contribution in [3.05, 3.63) is 57.9 Å². The molecule has 1 aliphatic rings. The highest BCUT2D eigenvalue weighted by Gasteiger charge is 2.35. The van der Waals surface area contributed by atoms with Crippen molar-refractivity contribution in [2.45, 2.75) is 25.7 Å². The number of hydrogen-bond acceptors (Lipinski definition) is 4. The van der Waals surface area contributed by atoms with E-state index >= 15 is 0 Å². The number of aryl methyl sites for hydroxylation is 1. The van der Waals surface area contributed by atoms with Crippen molar-refractivity contribution in [2.24, 2.45) is 0 Å². The number of aromatic nitrogens is 2. The van der Waals surface area contributed by atoms with Gasteiger partial charge < -0.3 is 10.2 Å². The third-order valence-corrected chi connectivity index (χ3v) is 5.69. The summed E-state index contributed by atoms with van der Waals surface area (Å²) in [5.74, 6) is -3.54. The van der Waals surface area contributed by atoms with Gasteiger partial charge in [0.05, 0.1) is 5.56 Å².